The number of aromatic nitrogens is 2. The van der Waals surface area contributed by atoms with Crippen molar-refractivity contribution in [1.29, 1.82) is 0 Å². The highest BCUT2D eigenvalue weighted by Crippen LogP contribution is 2.14. The lowest BCUT2D eigenvalue weighted by Gasteiger charge is -2.32. The van der Waals surface area contributed by atoms with Gasteiger partial charge in [0.2, 0.25) is 5.91 Å². The number of hydrogen-bond donors (Lipinski definition) is 2. The summed E-state index contributed by atoms with van der Waals surface area (Å²) < 4.78 is 5.25. The highest BCUT2D eigenvalue weighted by Gasteiger charge is 2.29. The molecule has 3 rings (SSSR count). The van der Waals surface area contributed by atoms with Crippen LogP contribution in [0, 0.1) is 0 Å². The monoisotopic (exact) mass is 236 g/mol. The molecule has 2 aliphatic heterocycles. The number of amides is 1. The van der Waals surface area contributed by atoms with E-state index in [0.29, 0.717) is 39.3 Å². The first-order valence-electron chi connectivity index (χ1n) is 5.95. The first-order valence-corrected chi connectivity index (χ1v) is 5.95. The predicted octanol–water partition coefficient (Wildman–Crippen LogP) is -0.717. The normalized spacial score (nSPS) is 24.5. The van der Waals surface area contributed by atoms with E-state index in [1.54, 1.807) is 6.33 Å². The Bertz CT molecular complexity index is 411. The molecule has 0 spiro atoms. The number of nitrogens with one attached hydrogen (secondary N) is 2. The minimum absolute atomic E-state index is 0.135. The van der Waals surface area contributed by atoms with Crippen LogP contribution in [0.3, 0.4) is 0 Å². The standard InChI is InChI=1S/C11H16N4O2/c16-11(15-1-3-17-4-2-15)9-5-8-10(6-12-9)14-7-13-8/h7,9,12H,1-6H2,(H,13,14). The fraction of sp³-hybridized carbons (Fsp3) is 0.636. The number of H-pyrrole nitrogens is 1. The first-order chi connectivity index (χ1) is 8.34. The van der Waals surface area contributed by atoms with E-state index in [2.05, 4.69) is 15.3 Å². The molecule has 1 unspecified atom stereocenters. The molecular formula is C11H16N4O2. The lowest BCUT2D eigenvalue weighted by Crippen LogP contribution is -2.52. The number of ether oxygens (including phenoxy) is 1. The number of fused-ring (bicyclic) bond motifs is 1. The largest absolute Gasteiger partial charge is 0.378 e. The van der Waals surface area contributed by atoms with Crippen LogP contribution in [0.25, 0.3) is 0 Å². The van der Waals surface area contributed by atoms with Crippen molar-refractivity contribution in [3.8, 4) is 0 Å². The average Bonchev–Trinajstić information content (AvgIpc) is 2.86. The van der Waals surface area contributed by atoms with Gasteiger partial charge in [0.25, 0.3) is 0 Å². The van der Waals surface area contributed by atoms with Gasteiger partial charge in [-0.25, -0.2) is 4.98 Å². The molecule has 0 radical (unpaired) electrons. The summed E-state index contributed by atoms with van der Waals surface area (Å²) in [6.07, 6.45) is 2.36. The molecule has 0 bridgehead atoms. The second-order valence-electron chi connectivity index (χ2n) is 4.40. The minimum Gasteiger partial charge on any atom is -0.378 e. The number of aromatic amines is 1. The topological polar surface area (TPSA) is 70.2 Å². The van der Waals surface area contributed by atoms with E-state index in [1.807, 2.05) is 4.90 Å². The molecule has 2 N–H and O–H groups in total. The lowest BCUT2D eigenvalue weighted by molar-refractivity contribution is -0.137. The van der Waals surface area contributed by atoms with Crippen LogP contribution in [0.15, 0.2) is 6.33 Å². The second-order valence-corrected chi connectivity index (χ2v) is 4.40. The van der Waals surface area contributed by atoms with E-state index in [1.165, 1.54) is 0 Å². The van der Waals surface area contributed by atoms with E-state index in [0.717, 1.165) is 11.4 Å². The highest BCUT2D eigenvalue weighted by atomic mass is 16.5. The predicted molar refractivity (Wildman–Crippen MR) is 60.3 cm³/mol. The Balaban J connectivity index is 1.67. The Morgan fingerprint density at radius 3 is 3.12 bits per heavy atom. The Labute approximate surface area is 99.4 Å². The second kappa shape index (κ2) is 4.46. The van der Waals surface area contributed by atoms with Crippen LogP contribution < -0.4 is 5.32 Å². The summed E-state index contributed by atoms with van der Waals surface area (Å²) in [6.45, 7) is 3.38. The van der Waals surface area contributed by atoms with Crippen molar-refractivity contribution in [1.82, 2.24) is 20.2 Å². The molecule has 0 saturated carbocycles. The van der Waals surface area contributed by atoms with Crippen molar-refractivity contribution >= 4 is 5.91 Å². The van der Waals surface area contributed by atoms with Crippen LogP contribution in [0.1, 0.15) is 11.4 Å². The molecule has 0 aliphatic carbocycles. The van der Waals surface area contributed by atoms with Crippen molar-refractivity contribution in [2.45, 2.75) is 19.0 Å². The van der Waals surface area contributed by atoms with Gasteiger partial charge in [-0.3, -0.25) is 10.1 Å². The fourth-order valence-corrected chi connectivity index (χ4v) is 2.35. The quantitative estimate of drug-likeness (QED) is 0.675. The number of carbonyl (C=O) groups excluding carboxylic acids is 1. The first kappa shape index (κ1) is 10.7. The zero-order chi connectivity index (χ0) is 11.7. The van der Waals surface area contributed by atoms with Gasteiger partial charge in [-0.05, 0) is 0 Å². The molecule has 17 heavy (non-hydrogen) atoms. The van der Waals surface area contributed by atoms with Gasteiger partial charge >= 0.3 is 0 Å². The molecule has 1 atom stereocenters. The van der Waals surface area contributed by atoms with Gasteiger partial charge < -0.3 is 14.6 Å². The third-order valence-electron chi connectivity index (χ3n) is 3.35. The summed E-state index contributed by atoms with van der Waals surface area (Å²) in [6, 6.07) is -0.135. The minimum atomic E-state index is -0.135. The maximum Gasteiger partial charge on any atom is 0.240 e. The molecular weight excluding hydrogens is 220 g/mol. The highest BCUT2D eigenvalue weighted by molar-refractivity contribution is 5.82. The Morgan fingerprint density at radius 2 is 2.29 bits per heavy atom. The van der Waals surface area contributed by atoms with Crippen LogP contribution >= 0.6 is 0 Å². The van der Waals surface area contributed by atoms with Gasteiger partial charge in [0.05, 0.1) is 37.0 Å². The number of carbonyl (C=O) groups is 1. The van der Waals surface area contributed by atoms with E-state index in [4.69, 9.17) is 4.74 Å². The molecule has 2 aliphatic rings. The Morgan fingerprint density at radius 1 is 1.47 bits per heavy atom. The molecule has 1 aromatic heterocycles. The number of hydrogen-bond acceptors (Lipinski definition) is 4. The molecule has 1 fully saturated rings. The Hall–Kier alpha value is -1.40. The van der Waals surface area contributed by atoms with Gasteiger partial charge in [-0.15, -0.1) is 0 Å². The summed E-state index contributed by atoms with van der Waals surface area (Å²) in [7, 11) is 0. The van der Waals surface area contributed by atoms with Crippen molar-refractivity contribution in [3.63, 3.8) is 0 Å². The van der Waals surface area contributed by atoms with Crippen LogP contribution in [0.5, 0.6) is 0 Å². The fourth-order valence-electron chi connectivity index (χ4n) is 2.35. The number of rotatable bonds is 1. The van der Waals surface area contributed by atoms with Crippen molar-refractivity contribution in [3.05, 3.63) is 17.7 Å². The van der Waals surface area contributed by atoms with Crippen molar-refractivity contribution in [2.75, 3.05) is 26.3 Å². The lowest BCUT2D eigenvalue weighted by atomic mass is 10.0. The molecule has 1 aromatic rings. The molecule has 1 saturated heterocycles. The van der Waals surface area contributed by atoms with Gasteiger partial charge in [-0.1, -0.05) is 0 Å². The molecule has 0 aromatic carbocycles. The van der Waals surface area contributed by atoms with E-state index >= 15 is 0 Å². The summed E-state index contributed by atoms with van der Waals surface area (Å²) >= 11 is 0. The third kappa shape index (κ3) is 2.05. The Kier molecular flexibility index (Phi) is 2.82. The number of nitrogens with zero attached hydrogens (tertiary/aromatic N) is 2. The number of imidazole rings is 1. The van der Waals surface area contributed by atoms with Crippen LogP contribution in [-0.4, -0.2) is 53.1 Å². The zero-order valence-corrected chi connectivity index (χ0v) is 9.61. The van der Waals surface area contributed by atoms with Crippen LogP contribution in [0.4, 0.5) is 0 Å². The molecule has 92 valence electrons. The van der Waals surface area contributed by atoms with Crippen molar-refractivity contribution in [2.24, 2.45) is 0 Å². The maximum atomic E-state index is 12.3. The molecule has 6 nitrogen and oxygen atoms in total. The molecule has 6 heteroatoms. The van der Waals surface area contributed by atoms with Crippen molar-refractivity contribution < 1.29 is 9.53 Å². The molecule has 3 heterocycles. The summed E-state index contributed by atoms with van der Waals surface area (Å²) in [4.78, 5) is 21.5. The van der Waals surface area contributed by atoms with Gasteiger partial charge in [0.1, 0.15) is 0 Å². The summed E-state index contributed by atoms with van der Waals surface area (Å²) in [5.74, 6) is 0.168. The maximum absolute atomic E-state index is 12.3. The molecule has 1 amide bonds. The summed E-state index contributed by atoms with van der Waals surface area (Å²) in [5, 5.41) is 3.26. The van der Waals surface area contributed by atoms with E-state index in [-0.39, 0.29) is 11.9 Å². The van der Waals surface area contributed by atoms with Crippen LogP contribution in [0.2, 0.25) is 0 Å². The zero-order valence-electron chi connectivity index (χ0n) is 9.61. The number of morpholine rings is 1. The van der Waals surface area contributed by atoms with Crippen LogP contribution in [-0.2, 0) is 22.5 Å². The van der Waals surface area contributed by atoms with E-state index < -0.39 is 0 Å². The summed E-state index contributed by atoms with van der Waals surface area (Å²) in [5.41, 5.74) is 2.10. The van der Waals surface area contributed by atoms with Gasteiger partial charge in [-0.2, -0.15) is 0 Å². The van der Waals surface area contributed by atoms with E-state index in [9.17, 15) is 4.79 Å². The average molecular weight is 236 g/mol. The third-order valence-corrected chi connectivity index (χ3v) is 3.35. The van der Waals surface area contributed by atoms with Gasteiger partial charge in [0, 0.05) is 26.1 Å². The smallest absolute Gasteiger partial charge is 0.240 e. The SMILES string of the molecule is O=C(C1Cc2nc[nH]c2CN1)N1CCOCC1. The van der Waals surface area contributed by atoms with Gasteiger partial charge in [0.15, 0.2) is 0 Å².